The van der Waals surface area contributed by atoms with E-state index < -0.39 is 46.9 Å². The normalized spacial score (nSPS) is 30.3. The summed E-state index contributed by atoms with van der Waals surface area (Å²) in [4.78, 5) is 38.8. The van der Waals surface area contributed by atoms with E-state index in [1.165, 1.54) is 13.8 Å². The number of rotatable bonds is 4. The van der Waals surface area contributed by atoms with Gasteiger partial charge in [-0.1, -0.05) is 6.07 Å². The second-order valence-corrected chi connectivity index (χ2v) is 11.3. The van der Waals surface area contributed by atoms with Gasteiger partial charge in [-0.3, -0.25) is 4.79 Å². The number of esters is 2. The first-order valence-electron chi connectivity index (χ1n) is 12.5. The van der Waals surface area contributed by atoms with Gasteiger partial charge in [0.05, 0.1) is 11.0 Å². The van der Waals surface area contributed by atoms with Gasteiger partial charge in [-0.25, -0.2) is 9.59 Å². The van der Waals surface area contributed by atoms with Gasteiger partial charge in [0.25, 0.3) is 0 Å². The minimum atomic E-state index is -1.20. The minimum absolute atomic E-state index is 0.176. The first kappa shape index (κ1) is 25.5. The van der Waals surface area contributed by atoms with Crippen LogP contribution in [0.4, 0.5) is 4.79 Å². The van der Waals surface area contributed by atoms with Crippen LogP contribution in [0.5, 0.6) is 11.5 Å². The molecule has 1 unspecified atom stereocenters. The Morgan fingerprint density at radius 1 is 1.22 bits per heavy atom. The molecular weight excluding hydrogens is 482 g/mol. The highest BCUT2D eigenvalue weighted by Crippen LogP contribution is 2.65. The Morgan fingerprint density at radius 2 is 1.95 bits per heavy atom. The number of aliphatic hydroxyl groups is 1. The van der Waals surface area contributed by atoms with Gasteiger partial charge in [-0.15, -0.1) is 0 Å². The number of likely N-dealkylation sites (N-methyl/N-ethyl adjacent to an activating group) is 1. The molecule has 1 fully saturated rings. The van der Waals surface area contributed by atoms with Gasteiger partial charge in [-0.2, -0.15) is 0 Å². The van der Waals surface area contributed by atoms with Crippen LogP contribution in [0.25, 0.3) is 0 Å². The lowest BCUT2D eigenvalue weighted by Gasteiger charge is -2.61. The molecule has 2 heterocycles. The molecule has 0 amide bonds. The first-order chi connectivity index (χ1) is 17.3. The Hall–Kier alpha value is -3.11. The van der Waals surface area contributed by atoms with Crippen LogP contribution >= 0.6 is 0 Å². The lowest BCUT2D eigenvalue weighted by atomic mass is 9.50. The van der Waals surface area contributed by atoms with Crippen molar-refractivity contribution in [2.45, 2.75) is 88.7 Å². The monoisotopic (exact) mass is 515 g/mol. The van der Waals surface area contributed by atoms with Crippen molar-refractivity contribution in [1.82, 2.24) is 4.90 Å². The van der Waals surface area contributed by atoms with Gasteiger partial charge >= 0.3 is 18.1 Å². The Kier molecular flexibility index (Phi) is 5.84. The van der Waals surface area contributed by atoms with E-state index in [1.807, 2.05) is 13.1 Å². The van der Waals surface area contributed by atoms with Crippen LogP contribution in [-0.4, -0.2) is 71.1 Å². The van der Waals surface area contributed by atoms with Gasteiger partial charge < -0.3 is 33.7 Å². The molecule has 2 aliphatic carbocycles. The summed E-state index contributed by atoms with van der Waals surface area (Å²) in [6.07, 6.45) is 0.218. The third-order valence-electron chi connectivity index (χ3n) is 7.81. The molecule has 1 aromatic rings. The SMILES string of the molecule is CC(=O)OC(C)C(=O)OC1=CC[C@@]2(O)[C@H]3Cc4ccc(OC(=O)OC(C)(C)C)c5c4[C@@]2(CCN3C)[C@H]1O5. The Balaban J connectivity index is 1.57. The molecule has 37 heavy (non-hydrogen) atoms. The number of hydrogen-bond acceptors (Lipinski definition) is 10. The standard InChI is InChI=1S/C27H33NO9/c1-14(33-15(2)29)23(30)34-18-9-10-27(32)19-13-16-7-8-17(35-24(31)37-25(3,4)5)21-20(16)26(27,22(18)36-21)11-12-28(19)6/h7-9,14,19,22,32H,10-13H2,1-6H3/t14?,19-,22+,26+,27-/m1/s1. The predicted octanol–water partition coefficient (Wildman–Crippen LogP) is 2.77. The highest BCUT2D eigenvalue weighted by Gasteiger charge is 2.72. The molecule has 1 N–H and O–H groups in total. The first-order valence-corrected chi connectivity index (χ1v) is 12.5. The van der Waals surface area contributed by atoms with Crippen molar-refractivity contribution in [3.05, 3.63) is 35.1 Å². The molecule has 10 heteroatoms. The lowest BCUT2D eigenvalue weighted by Crippen LogP contribution is -2.74. The molecule has 1 spiro atoms. The van der Waals surface area contributed by atoms with Crippen LogP contribution in [0.3, 0.4) is 0 Å². The fourth-order valence-electron chi connectivity index (χ4n) is 6.36. The van der Waals surface area contributed by atoms with Crippen LogP contribution in [0.1, 0.15) is 58.6 Å². The Labute approximate surface area is 215 Å². The molecule has 0 radical (unpaired) electrons. The average Bonchev–Trinajstić information content (AvgIpc) is 3.13. The summed E-state index contributed by atoms with van der Waals surface area (Å²) in [5.41, 5.74) is -1.11. The zero-order chi connectivity index (χ0) is 26.9. The third-order valence-corrected chi connectivity index (χ3v) is 7.81. The zero-order valence-corrected chi connectivity index (χ0v) is 22.0. The third kappa shape index (κ3) is 3.88. The zero-order valence-electron chi connectivity index (χ0n) is 22.0. The van der Waals surface area contributed by atoms with Crippen LogP contribution in [0.2, 0.25) is 0 Å². The molecule has 2 aliphatic heterocycles. The highest BCUT2D eigenvalue weighted by molar-refractivity contribution is 5.79. The van der Waals surface area contributed by atoms with Gasteiger partial charge in [-0.05, 0) is 71.8 Å². The Bertz CT molecular complexity index is 1200. The van der Waals surface area contributed by atoms with Gasteiger partial charge in [0.15, 0.2) is 23.7 Å². The molecule has 1 aromatic carbocycles. The number of carbonyl (C=O) groups excluding carboxylic acids is 3. The fraction of sp³-hybridized carbons (Fsp3) is 0.593. The maximum Gasteiger partial charge on any atom is 0.514 e. The molecule has 0 aromatic heterocycles. The van der Waals surface area contributed by atoms with Crippen LogP contribution in [-0.2, 0) is 35.6 Å². The highest BCUT2D eigenvalue weighted by atomic mass is 16.7. The Morgan fingerprint density at radius 3 is 2.62 bits per heavy atom. The smallest absolute Gasteiger partial charge is 0.477 e. The van der Waals surface area contributed by atoms with E-state index in [2.05, 4.69) is 4.90 Å². The molecule has 4 aliphatic rings. The largest absolute Gasteiger partial charge is 0.514 e. The summed E-state index contributed by atoms with van der Waals surface area (Å²) in [7, 11) is 1.99. The maximum atomic E-state index is 12.8. The molecule has 10 nitrogen and oxygen atoms in total. The van der Waals surface area contributed by atoms with Crippen molar-refractivity contribution in [1.29, 1.82) is 0 Å². The van der Waals surface area contributed by atoms with E-state index in [0.29, 0.717) is 25.1 Å². The molecule has 2 bridgehead atoms. The van der Waals surface area contributed by atoms with Crippen molar-refractivity contribution in [2.24, 2.45) is 0 Å². The number of ether oxygens (including phenoxy) is 5. The summed E-state index contributed by atoms with van der Waals surface area (Å²) in [5.74, 6) is -0.585. The van der Waals surface area contributed by atoms with Crippen LogP contribution < -0.4 is 9.47 Å². The van der Waals surface area contributed by atoms with Gasteiger partial charge in [0.2, 0.25) is 0 Å². The van der Waals surface area contributed by atoms with Gasteiger partial charge in [0.1, 0.15) is 11.4 Å². The summed E-state index contributed by atoms with van der Waals surface area (Å²) in [5, 5.41) is 12.3. The number of benzene rings is 1. The quantitative estimate of drug-likeness (QED) is 0.364. The molecule has 5 rings (SSSR count). The number of hydrogen-bond donors (Lipinski definition) is 1. The number of nitrogens with zero attached hydrogens (tertiary/aromatic N) is 1. The molecule has 200 valence electrons. The summed E-state index contributed by atoms with van der Waals surface area (Å²) in [6.45, 7) is 8.56. The summed E-state index contributed by atoms with van der Waals surface area (Å²) in [6, 6.07) is 3.38. The minimum Gasteiger partial charge on any atom is -0.477 e. The van der Waals surface area contributed by atoms with E-state index in [-0.39, 0.29) is 24.0 Å². The number of piperidine rings is 1. The van der Waals surface area contributed by atoms with Crippen LogP contribution in [0.15, 0.2) is 24.0 Å². The van der Waals surface area contributed by atoms with E-state index in [9.17, 15) is 19.5 Å². The van der Waals surface area contributed by atoms with E-state index in [1.54, 1.807) is 32.9 Å². The number of likely N-dealkylation sites (tertiary alicyclic amines) is 1. The topological polar surface area (TPSA) is 121 Å². The van der Waals surface area contributed by atoms with E-state index in [0.717, 1.165) is 11.1 Å². The van der Waals surface area contributed by atoms with Crippen molar-refractivity contribution in [2.75, 3.05) is 13.6 Å². The van der Waals surface area contributed by atoms with Gasteiger partial charge in [0, 0.05) is 24.9 Å². The van der Waals surface area contributed by atoms with Crippen LogP contribution in [0, 0.1) is 0 Å². The summed E-state index contributed by atoms with van der Waals surface area (Å²) >= 11 is 0. The second-order valence-electron chi connectivity index (χ2n) is 11.3. The van der Waals surface area contributed by atoms with Crippen molar-refractivity contribution >= 4 is 18.1 Å². The second kappa shape index (κ2) is 8.46. The molecule has 0 saturated carbocycles. The predicted molar refractivity (Wildman–Crippen MR) is 129 cm³/mol. The summed E-state index contributed by atoms with van der Waals surface area (Å²) < 4.78 is 28.1. The lowest BCUT2D eigenvalue weighted by molar-refractivity contribution is -0.175. The fourth-order valence-corrected chi connectivity index (χ4v) is 6.36. The molecular formula is C27H33NO9. The van der Waals surface area contributed by atoms with Crippen molar-refractivity contribution in [3.63, 3.8) is 0 Å². The van der Waals surface area contributed by atoms with Crippen molar-refractivity contribution < 1.29 is 43.2 Å². The van der Waals surface area contributed by atoms with E-state index >= 15 is 0 Å². The van der Waals surface area contributed by atoms with Crippen molar-refractivity contribution in [3.8, 4) is 11.5 Å². The molecule has 1 saturated heterocycles. The average molecular weight is 516 g/mol. The maximum absolute atomic E-state index is 12.8. The molecule has 5 atom stereocenters. The van der Waals surface area contributed by atoms with E-state index in [4.69, 9.17) is 23.7 Å². The number of carbonyl (C=O) groups is 3.